The highest BCUT2D eigenvalue weighted by Gasteiger charge is 2.21. The van der Waals surface area contributed by atoms with E-state index in [1.807, 2.05) is 48.2 Å². The molecule has 5 nitrogen and oxygen atoms in total. The number of aromatic carboxylic acids is 1. The van der Waals surface area contributed by atoms with Gasteiger partial charge in [0.05, 0.1) is 12.0 Å². The lowest BCUT2D eigenvalue weighted by molar-refractivity contribution is -0.132. The zero-order valence-electron chi connectivity index (χ0n) is 15.0. The second-order valence-electron chi connectivity index (χ2n) is 6.82. The lowest BCUT2D eigenvalue weighted by atomic mass is 10.1. The van der Waals surface area contributed by atoms with Gasteiger partial charge in [-0.2, -0.15) is 0 Å². The Labute approximate surface area is 153 Å². The molecule has 0 bridgehead atoms. The Hall–Kier alpha value is -2.66. The predicted molar refractivity (Wildman–Crippen MR) is 100 cm³/mol. The number of piperazine rings is 1. The molecule has 0 spiro atoms. The molecule has 1 N–H and O–H groups in total. The molecule has 1 amide bonds. The molecule has 0 aliphatic carbocycles. The van der Waals surface area contributed by atoms with Crippen LogP contribution in [-0.2, 0) is 17.8 Å². The van der Waals surface area contributed by atoms with Crippen LogP contribution >= 0.6 is 0 Å². The maximum absolute atomic E-state index is 12.5. The first-order valence-corrected chi connectivity index (χ1v) is 8.89. The summed E-state index contributed by atoms with van der Waals surface area (Å²) in [5, 5.41) is 8.95. The Morgan fingerprint density at radius 2 is 1.46 bits per heavy atom. The molecule has 0 atom stereocenters. The van der Waals surface area contributed by atoms with Crippen molar-refractivity contribution in [1.82, 2.24) is 9.80 Å². The van der Waals surface area contributed by atoms with Crippen molar-refractivity contribution >= 4 is 11.9 Å². The first-order chi connectivity index (χ1) is 12.5. The predicted octanol–water partition coefficient (Wildman–Crippen LogP) is 2.58. The van der Waals surface area contributed by atoms with Crippen LogP contribution in [-0.4, -0.2) is 53.0 Å². The molecular formula is C21H24N2O3. The minimum Gasteiger partial charge on any atom is -0.478 e. The summed E-state index contributed by atoms with van der Waals surface area (Å²) in [7, 11) is 0. The van der Waals surface area contributed by atoms with Crippen LogP contribution in [0.4, 0.5) is 0 Å². The Bertz CT molecular complexity index is 761. The van der Waals surface area contributed by atoms with Gasteiger partial charge in [0.2, 0.25) is 5.91 Å². The highest BCUT2D eigenvalue weighted by atomic mass is 16.4. The number of carboxylic acids is 1. The fourth-order valence-corrected chi connectivity index (χ4v) is 3.16. The van der Waals surface area contributed by atoms with Gasteiger partial charge in [0.25, 0.3) is 0 Å². The van der Waals surface area contributed by atoms with Crippen molar-refractivity contribution < 1.29 is 14.7 Å². The third-order valence-electron chi connectivity index (χ3n) is 4.81. The molecule has 0 aromatic heterocycles. The van der Waals surface area contributed by atoms with Crippen LogP contribution in [0.25, 0.3) is 0 Å². The molecule has 1 heterocycles. The van der Waals surface area contributed by atoms with E-state index in [9.17, 15) is 9.59 Å². The Balaban J connectivity index is 1.48. The van der Waals surface area contributed by atoms with E-state index >= 15 is 0 Å². The molecule has 3 rings (SSSR count). The number of hydrogen-bond donors (Lipinski definition) is 1. The zero-order valence-corrected chi connectivity index (χ0v) is 15.0. The van der Waals surface area contributed by atoms with Crippen molar-refractivity contribution in [3.8, 4) is 0 Å². The second-order valence-corrected chi connectivity index (χ2v) is 6.82. The Kier molecular flexibility index (Phi) is 5.68. The lowest BCUT2D eigenvalue weighted by Gasteiger charge is -2.35. The lowest BCUT2D eigenvalue weighted by Crippen LogP contribution is -2.48. The van der Waals surface area contributed by atoms with Gasteiger partial charge in [0.15, 0.2) is 0 Å². The Morgan fingerprint density at radius 3 is 2.04 bits per heavy atom. The van der Waals surface area contributed by atoms with Crippen molar-refractivity contribution in [3.05, 3.63) is 70.8 Å². The van der Waals surface area contributed by atoms with Gasteiger partial charge in [-0.15, -0.1) is 0 Å². The molecule has 1 saturated heterocycles. The number of carbonyl (C=O) groups excluding carboxylic acids is 1. The third-order valence-corrected chi connectivity index (χ3v) is 4.81. The van der Waals surface area contributed by atoms with Gasteiger partial charge in [-0.1, -0.05) is 42.0 Å². The molecule has 0 unspecified atom stereocenters. The first kappa shape index (κ1) is 18.1. The summed E-state index contributed by atoms with van der Waals surface area (Å²) in [5.74, 6) is -0.725. The Morgan fingerprint density at radius 1 is 0.885 bits per heavy atom. The monoisotopic (exact) mass is 352 g/mol. The molecule has 2 aromatic rings. The van der Waals surface area contributed by atoms with Gasteiger partial charge >= 0.3 is 5.97 Å². The topological polar surface area (TPSA) is 60.9 Å². The van der Waals surface area contributed by atoms with E-state index in [0.717, 1.165) is 43.9 Å². The van der Waals surface area contributed by atoms with E-state index in [4.69, 9.17) is 5.11 Å². The van der Waals surface area contributed by atoms with Crippen LogP contribution in [0.2, 0.25) is 0 Å². The second kappa shape index (κ2) is 8.15. The van der Waals surface area contributed by atoms with Crippen LogP contribution in [0.15, 0.2) is 48.5 Å². The van der Waals surface area contributed by atoms with Crippen LogP contribution in [0.1, 0.15) is 27.0 Å². The van der Waals surface area contributed by atoms with Gasteiger partial charge in [0.1, 0.15) is 0 Å². The largest absolute Gasteiger partial charge is 0.478 e. The number of hydrogen-bond acceptors (Lipinski definition) is 3. The van der Waals surface area contributed by atoms with Crippen molar-refractivity contribution in [2.45, 2.75) is 19.9 Å². The van der Waals surface area contributed by atoms with Crippen LogP contribution in [0, 0.1) is 6.92 Å². The smallest absolute Gasteiger partial charge is 0.335 e. The number of carbonyl (C=O) groups is 2. The van der Waals surface area contributed by atoms with Crippen LogP contribution in [0.5, 0.6) is 0 Å². The summed E-state index contributed by atoms with van der Waals surface area (Å²) >= 11 is 0. The van der Waals surface area contributed by atoms with Crippen LogP contribution < -0.4 is 0 Å². The number of rotatable bonds is 5. The average Bonchev–Trinajstić information content (AvgIpc) is 2.64. The van der Waals surface area contributed by atoms with Crippen molar-refractivity contribution in [1.29, 1.82) is 0 Å². The molecule has 26 heavy (non-hydrogen) atoms. The van der Waals surface area contributed by atoms with Gasteiger partial charge in [-0.3, -0.25) is 9.69 Å². The van der Waals surface area contributed by atoms with Crippen molar-refractivity contribution in [2.75, 3.05) is 26.2 Å². The number of nitrogens with zero attached hydrogens (tertiary/aromatic N) is 2. The quantitative estimate of drug-likeness (QED) is 0.898. The van der Waals surface area contributed by atoms with Gasteiger partial charge in [-0.25, -0.2) is 4.79 Å². The molecule has 0 radical (unpaired) electrons. The maximum atomic E-state index is 12.5. The van der Waals surface area contributed by atoms with E-state index in [0.29, 0.717) is 12.0 Å². The molecule has 1 aliphatic rings. The summed E-state index contributed by atoms with van der Waals surface area (Å²) in [6, 6.07) is 15.1. The molecule has 5 heteroatoms. The highest BCUT2D eigenvalue weighted by Crippen LogP contribution is 2.12. The van der Waals surface area contributed by atoms with E-state index in [1.165, 1.54) is 5.56 Å². The maximum Gasteiger partial charge on any atom is 0.335 e. The molecular weight excluding hydrogens is 328 g/mol. The minimum atomic E-state index is -0.905. The van der Waals surface area contributed by atoms with Crippen molar-refractivity contribution in [3.63, 3.8) is 0 Å². The summed E-state index contributed by atoms with van der Waals surface area (Å²) in [6.07, 6.45) is 0.455. The number of amides is 1. The van der Waals surface area contributed by atoms with E-state index in [2.05, 4.69) is 4.90 Å². The summed E-state index contributed by atoms with van der Waals surface area (Å²) in [6.45, 7) is 5.95. The fourth-order valence-electron chi connectivity index (χ4n) is 3.16. The number of aryl methyl sites for hydroxylation is 1. The zero-order chi connectivity index (χ0) is 18.5. The molecule has 1 aliphatic heterocycles. The number of carboxylic acid groups (broad SMARTS) is 1. The summed E-state index contributed by atoms with van der Waals surface area (Å²) in [5.41, 5.74) is 3.66. The standard InChI is InChI=1S/C21H24N2O3/c1-16-2-4-17(5-3-16)14-20(24)23-12-10-22(11-13-23)15-18-6-8-19(9-7-18)21(25)26/h2-9H,10-15H2,1H3,(H,25,26). The highest BCUT2D eigenvalue weighted by molar-refractivity contribution is 5.87. The first-order valence-electron chi connectivity index (χ1n) is 8.89. The minimum absolute atomic E-state index is 0.180. The van der Waals surface area contributed by atoms with E-state index < -0.39 is 5.97 Å². The van der Waals surface area contributed by atoms with Gasteiger partial charge in [-0.05, 0) is 30.2 Å². The summed E-state index contributed by atoms with van der Waals surface area (Å²) in [4.78, 5) is 27.6. The summed E-state index contributed by atoms with van der Waals surface area (Å²) < 4.78 is 0. The van der Waals surface area contributed by atoms with E-state index in [1.54, 1.807) is 12.1 Å². The van der Waals surface area contributed by atoms with Crippen LogP contribution in [0.3, 0.4) is 0 Å². The normalized spacial score (nSPS) is 15.0. The number of benzene rings is 2. The molecule has 136 valence electrons. The van der Waals surface area contributed by atoms with Gasteiger partial charge in [0, 0.05) is 32.7 Å². The molecule has 1 fully saturated rings. The molecule has 2 aromatic carbocycles. The van der Waals surface area contributed by atoms with Gasteiger partial charge < -0.3 is 10.0 Å². The van der Waals surface area contributed by atoms with Crippen molar-refractivity contribution in [2.24, 2.45) is 0 Å². The fraction of sp³-hybridized carbons (Fsp3) is 0.333. The third kappa shape index (κ3) is 4.70. The SMILES string of the molecule is Cc1ccc(CC(=O)N2CCN(Cc3ccc(C(=O)O)cc3)CC2)cc1. The van der Waals surface area contributed by atoms with E-state index in [-0.39, 0.29) is 5.91 Å². The molecule has 0 saturated carbocycles. The average molecular weight is 352 g/mol.